The largest absolute Gasteiger partial charge is 0.388 e. The first kappa shape index (κ1) is 12.6. The van der Waals surface area contributed by atoms with E-state index in [9.17, 15) is 5.11 Å². The van der Waals surface area contributed by atoms with E-state index >= 15 is 0 Å². The molecule has 2 heterocycles. The Hall–Kier alpha value is -1.45. The third kappa shape index (κ3) is 2.77. The number of aromatic nitrogens is 1. The van der Waals surface area contributed by atoms with Gasteiger partial charge in [0.1, 0.15) is 0 Å². The van der Waals surface area contributed by atoms with Gasteiger partial charge in [-0.1, -0.05) is 18.2 Å². The predicted octanol–water partition coefficient (Wildman–Crippen LogP) is 3.23. The highest BCUT2D eigenvalue weighted by molar-refractivity contribution is 5.82. The number of benzene rings is 1. The van der Waals surface area contributed by atoms with Crippen molar-refractivity contribution in [3.63, 3.8) is 0 Å². The molecule has 3 rings (SSSR count). The second kappa shape index (κ2) is 5.68. The minimum absolute atomic E-state index is 0.190. The molecule has 1 fully saturated rings. The summed E-state index contributed by atoms with van der Waals surface area (Å²) >= 11 is 0. The third-order valence-corrected chi connectivity index (χ3v) is 3.80. The summed E-state index contributed by atoms with van der Waals surface area (Å²) in [6, 6.07) is 9.84. The predicted molar refractivity (Wildman–Crippen MR) is 74.9 cm³/mol. The van der Waals surface area contributed by atoms with Crippen molar-refractivity contribution in [3.8, 4) is 0 Å². The van der Waals surface area contributed by atoms with Gasteiger partial charge in [-0.05, 0) is 37.0 Å². The fourth-order valence-electron chi connectivity index (χ4n) is 2.79. The zero-order valence-corrected chi connectivity index (χ0v) is 11.0. The Morgan fingerprint density at radius 1 is 1.26 bits per heavy atom. The number of rotatable bonds is 3. The van der Waals surface area contributed by atoms with Crippen molar-refractivity contribution >= 4 is 10.9 Å². The molecule has 0 aliphatic carbocycles. The number of nitrogens with zero attached hydrogens (tertiary/aromatic N) is 1. The summed E-state index contributed by atoms with van der Waals surface area (Å²) in [4.78, 5) is 4.33. The van der Waals surface area contributed by atoms with Crippen molar-refractivity contribution in [1.29, 1.82) is 0 Å². The van der Waals surface area contributed by atoms with Crippen LogP contribution in [-0.4, -0.2) is 22.8 Å². The topological polar surface area (TPSA) is 42.4 Å². The third-order valence-electron chi connectivity index (χ3n) is 3.80. The van der Waals surface area contributed by atoms with E-state index in [1.165, 1.54) is 6.42 Å². The van der Waals surface area contributed by atoms with Crippen LogP contribution in [0.15, 0.2) is 36.5 Å². The Morgan fingerprint density at radius 2 is 2.21 bits per heavy atom. The van der Waals surface area contributed by atoms with E-state index in [-0.39, 0.29) is 6.10 Å². The molecule has 1 aliphatic rings. The molecule has 0 saturated carbocycles. The number of aliphatic hydroxyl groups is 1. The molecule has 0 amide bonds. The van der Waals surface area contributed by atoms with Gasteiger partial charge >= 0.3 is 0 Å². The Bertz CT molecular complexity index is 544. The maximum absolute atomic E-state index is 10.5. The fourth-order valence-corrected chi connectivity index (χ4v) is 2.79. The van der Waals surface area contributed by atoms with Crippen molar-refractivity contribution < 1.29 is 9.84 Å². The lowest BCUT2D eigenvalue weighted by Crippen LogP contribution is -2.21. The molecule has 0 radical (unpaired) electrons. The molecule has 2 unspecified atom stereocenters. The highest BCUT2D eigenvalue weighted by Crippen LogP contribution is 2.28. The molecule has 1 aliphatic heterocycles. The van der Waals surface area contributed by atoms with E-state index in [2.05, 4.69) is 4.98 Å². The van der Waals surface area contributed by atoms with E-state index in [4.69, 9.17) is 4.74 Å². The molecule has 1 saturated heterocycles. The van der Waals surface area contributed by atoms with Crippen LogP contribution in [0.2, 0.25) is 0 Å². The molecule has 2 aromatic rings. The lowest BCUT2D eigenvalue weighted by molar-refractivity contribution is -0.0152. The number of hydrogen-bond acceptors (Lipinski definition) is 3. The first-order valence-corrected chi connectivity index (χ1v) is 6.98. The lowest BCUT2D eigenvalue weighted by Gasteiger charge is -2.25. The van der Waals surface area contributed by atoms with Gasteiger partial charge < -0.3 is 9.84 Å². The van der Waals surface area contributed by atoms with Gasteiger partial charge in [0.05, 0.1) is 17.7 Å². The zero-order chi connectivity index (χ0) is 13.1. The maximum Gasteiger partial charge on any atom is 0.0821 e. The van der Waals surface area contributed by atoms with Gasteiger partial charge in [0, 0.05) is 24.6 Å². The molecule has 1 aromatic carbocycles. The number of hydrogen-bond donors (Lipinski definition) is 1. The molecule has 19 heavy (non-hydrogen) atoms. The van der Waals surface area contributed by atoms with Crippen LogP contribution < -0.4 is 0 Å². The number of fused-ring (bicyclic) bond motifs is 1. The smallest absolute Gasteiger partial charge is 0.0821 e. The molecule has 0 spiro atoms. The average molecular weight is 257 g/mol. The summed E-state index contributed by atoms with van der Waals surface area (Å²) < 4.78 is 5.71. The summed E-state index contributed by atoms with van der Waals surface area (Å²) in [5.41, 5.74) is 1.89. The molecule has 100 valence electrons. The summed E-state index contributed by atoms with van der Waals surface area (Å²) in [6.45, 7) is 0.828. The van der Waals surface area contributed by atoms with Crippen LogP contribution in [0.25, 0.3) is 10.9 Å². The van der Waals surface area contributed by atoms with Crippen LogP contribution in [0, 0.1) is 0 Å². The van der Waals surface area contributed by atoms with Crippen molar-refractivity contribution in [1.82, 2.24) is 4.98 Å². The molecule has 0 bridgehead atoms. The summed E-state index contributed by atoms with van der Waals surface area (Å²) in [6.07, 6.45) is 5.57. The summed E-state index contributed by atoms with van der Waals surface area (Å²) in [5, 5.41) is 11.5. The monoisotopic (exact) mass is 257 g/mol. The van der Waals surface area contributed by atoms with Gasteiger partial charge in [0.15, 0.2) is 0 Å². The van der Waals surface area contributed by atoms with Crippen LogP contribution >= 0.6 is 0 Å². The SMILES string of the molecule is OC(CC1CCCCO1)c1cccc2ncccc12. The molecule has 1 N–H and O–H groups in total. The van der Waals surface area contributed by atoms with Gasteiger partial charge in [-0.2, -0.15) is 0 Å². The number of pyridine rings is 1. The van der Waals surface area contributed by atoms with Crippen molar-refractivity contribution in [3.05, 3.63) is 42.1 Å². The minimum atomic E-state index is -0.476. The van der Waals surface area contributed by atoms with E-state index < -0.39 is 6.10 Å². The highest BCUT2D eigenvalue weighted by Gasteiger charge is 2.20. The molecular weight excluding hydrogens is 238 g/mol. The van der Waals surface area contributed by atoms with Crippen molar-refractivity contribution in [2.45, 2.75) is 37.9 Å². The van der Waals surface area contributed by atoms with E-state index in [1.807, 2.05) is 30.3 Å². The van der Waals surface area contributed by atoms with Crippen molar-refractivity contribution in [2.24, 2.45) is 0 Å². The molecule has 1 aromatic heterocycles. The van der Waals surface area contributed by atoms with Gasteiger partial charge in [0.2, 0.25) is 0 Å². The van der Waals surface area contributed by atoms with Crippen molar-refractivity contribution in [2.75, 3.05) is 6.61 Å². The van der Waals surface area contributed by atoms with Crippen LogP contribution in [0.1, 0.15) is 37.4 Å². The Balaban J connectivity index is 1.82. The second-order valence-corrected chi connectivity index (χ2v) is 5.16. The summed E-state index contributed by atoms with van der Waals surface area (Å²) in [7, 11) is 0. The van der Waals surface area contributed by atoms with Crippen LogP contribution in [-0.2, 0) is 4.74 Å². The van der Waals surface area contributed by atoms with Crippen LogP contribution in [0.3, 0.4) is 0 Å². The van der Waals surface area contributed by atoms with Gasteiger partial charge in [0.25, 0.3) is 0 Å². The Morgan fingerprint density at radius 3 is 3.05 bits per heavy atom. The van der Waals surface area contributed by atoms with Gasteiger partial charge in [-0.25, -0.2) is 0 Å². The van der Waals surface area contributed by atoms with E-state index in [1.54, 1.807) is 6.20 Å². The Kier molecular flexibility index (Phi) is 3.76. The van der Waals surface area contributed by atoms with Crippen LogP contribution in [0.4, 0.5) is 0 Å². The minimum Gasteiger partial charge on any atom is -0.388 e. The fraction of sp³-hybridized carbons (Fsp3) is 0.438. The van der Waals surface area contributed by atoms with Gasteiger partial charge in [-0.15, -0.1) is 0 Å². The first-order chi connectivity index (χ1) is 9.34. The first-order valence-electron chi connectivity index (χ1n) is 6.98. The van der Waals surface area contributed by atoms with E-state index in [0.717, 1.165) is 35.9 Å². The van der Waals surface area contributed by atoms with Crippen LogP contribution in [0.5, 0.6) is 0 Å². The molecule has 3 heteroatoms. The number of aliphatic hydroxyl groups excluding tert-OH is 1. The standard InChI is InChI=1S/C16H19NO2/c18-16(11-12-5-1-2-10-19-12)14-6-3-8-15-13(14)7-4-9-17-15/h3-4,6-9,12,16,18H,1-2,5,10-11H2. The summed E-state index contributed by atoms with van der Waals surface area (Å²) in [5.74, 6) is 0. The normalized spacial score (nSPS) is 21.4. The molecular formula is C16H19NO2. The number of ether oxygens (including phenoxy) is 1. The lowest BCUT2D eigenvalue weighted by atomic mass is 9.96. The maximum atomic E-state index is 10.5. The molecule has 3 nitrogen and oxygen atoms in total. The second-order valence-electron chi connectivity index (χ2n) is 5.16. The van der Waals surface area contributed by atoms with Gasteiger partial charge in [-0.3, -0.25) is 4.98 Å². The van der Waals surface area contributed by atoms with E-state index in [0.29, 0.717) is 6.42 Å². The average Bonchev–Trinajstić information content (AvgIpc) is 2.47. The zero-order valence-electron chi connectivity index (χ0n) is 11.0. The highest BCUT2D eigenvalue weighted by atomic mass is 16.5. The molecule has 2 atom stereocenters. The quantitative estimate of drug-likeness (QED) is 0.918. The Labute approximate surface area is 113 Å².